The van der Waals surface area contributed by atoms with Crippen molar-refractivity contribution in [3.8, 4) is 0 Å². The number of hydrogen-bond acceptors (Lipinski definition) is 11. The van der Waals surface area contributed by atoms with E-state index in [1.165, 1.54) is 41.3 Å². The molecule has 6 amide bonds. The van der Waals surface area contributed by atoms with Crippen LogP contribution in [0.5, 0.6) is 0 Å². The number of amides is 6. The number of rotatable bonds is 18. The van der Waals surface area contributed by atoms with Crippen LogP contribution in [0.25, 0.3) is 0 Å². The second-order valence-corrected chi connectivity index (χ2v) is 21.5. The predicted molar refractivity (Wildman–Crippen MR) is 240 cm³/mol. The zero-order valence-electron chi connectivity index (χ0n) is 36.3. The van der Waals surface area contributed by atoms with E-state index in [2.05, 4.69) is 13.2 Å². The molecule has 0 aliphatic carbocycles. The third-order valence-electron chi connectivity index (χ3n) is 9.89. The van der Waals surface area contributed by atoms with Crippen LogP contribution in [0.15, 0.2) is 135 Å². The van der Waals surface area contributed by atoms with Gasteiger partial charge in [-0.25, -0.2) is 19.2 Å². The van der Waals surface area contributed by atoms with E-state index < -0.39 is 74.5 Å². The molecule has 0 fully saturated rings. The fraction of sp³-hybridized carbons (Fsp3) is 0.250. The number of carbonyl (C=O) groups excluding carboxylic acids is 7. The molecular formula is C48H50N4O12Si. The summed E-state index contributed by atoms with van der Waals surface area (Å²) in [5, 5.41) is 9.70. The number of hydrogen-bond donors (Lipinski definition) is 1. The first-order valence-electron chi connectivity index (χ1n) is 20.5. The maximum Gasteiger partial charge on any atom is 0.410 e. The Labute approximate surface area is 377 Å². The summed E-state index contributed by atoms with van der Waals surface area (Å²) < 4.78 is 16.2. The van der Waals surface area contributed by atoms with Gasteiger partial charge in [-0.05, 0) is 35.4 Å². The Morgan fingerprint density at radius 3 is 1.25 bits per heavy atom. The number of benzene rings is 4. The van der Waals surface area contributed by atoms with E-state index in [1.807, 2.05) is 56.0 Å². The molecule has 16 nitrogen and oxygen atoms in total. The lowest BCUT2D eigenvalue weighted by Crippen LogP contribution is -2.53. The zero-order valence-corrected chi connectivity index (χ0v) is 37.3. The molecule has 0 saturated heterocycles. The number of fused-ring (bicyclic) bond motifs is 2. The number of esters is 1. The zero-order chi connectivity index (χ0) is 47.3. The van der Waals surface area contributed by atoms with Crippen LogP contribution in [-0.2, 0) is 37.0 Å². The minimum Gasteiger partial charge on any atom is -0.480 e. The molecule has 1 N–H and O–H groups in total. The molecular weight excluding hydrogens is 853 g/mol. The third kappa shape index (κ3) is 12.3. The van der Waals surface area contributed by atoms with E-state index >= 15 is 0 Å². The number of aliphatic carboxylic acids is 1. The van der Waals surface area contributed by atoms with Crippen LogP contribution in [0, 0.1) is 0 Å². The summed E-state index contributed by atoms with van der Waals surface area (Å²) >= 11 is 0. The van der Waals surface area contributed by atoms with Crippen molar-refractivity contribution in [1.82, 2.24) is 19.6 Å². The molecule has 6 rings (SSSR count). The fourth-order valence-electron chi connectivity index (χ4n) is 6.70. The van der Waals surface area contributed by atoms with Crippen LogP contribution in [0.1, 0.15) is 52.6 Å². The maximum atomic E-state index is 13.2. The standard InChI is InChI=1S/C26H30N2O6Si.C22H20N2O6/c1-5-15-27(26(32)33-17-19-11-7-6-8-12-19)16-22(25(31)34-18-35(2,3)4)28-23(29)20-13-9-10-14-21(20)24(28)30;1-2-12-23(22(29)30-14-15-8-4-3-5-9-15)13-18(21(27)28)24-19(25)16-10-6-7-11-17(16)20(24)26/h5-14,22H,1,15-18H2,2-4H3;2-11,18H,1,12-14H2,(H,27,28)/t22-;18-/m00/s1. The quantitative estimate of drug-likeness (QED) is 0.0377. The van der Waals surface area contributed by atoms with Crippen LogP contribution in [0.2, 0.25) is 19.6 Å². The summed E-state index contributed by atoms with van der Waals surface area (Å²) in [6.07, 6.45) is 1.63. The SMILES string of the molecule is C=CCN(C[C@@H](C(=O)O)N1C(=O)c2ccccc2C1=O)C(=O)OCc1ccccc1.C=CCN(C[C@@H](C(=O)OC[Si](C)(C)C)N1C(=O)c2ccccc2C1=O)C(=O)OCc1ccccc1. The minimum atomic E-state index is -1.78. The molecule has 2 atom stereocenters. The van der Waals surface area contributed by atoms with Gasteiger partial charge in [0.15, 0.2) is 12.1 Å². The average Bonchev–Trinajstić information content (AvgIpc) is 3.70. The topological polar surface area (TPSA) is 197 Å². The molecule has 2 aliphatic heterocycles. The van der Waals surface area contributed by atoms with E-state index in [0.29, 0.717) is 4.90 Å². The summed E-state index contributed by atoms with van der Waals surface area (Å²) in [5.41, 5.74) is 2.25. The molecule has 4 aromatic rings. The average molecular weight is 903 g/mol. The van der Waals surface area contributed by atoms with Crippen molar-refractivity contribution in [2.75, 3.05) is 32.4 Å². The lowest BCUT2D eigenvalue weighted by atomic mass is 10.1. The first kappa shape index (κ1) is 48.4. The molecule has 2 aliphatic rings. The van der Waals surface area contributed by atoms with Crippen molar-refractivity contribution in [3.63, 3.8) is 0 Å². The van der Waals surface area contributed by atoms with E-state index in [0.717, 1.165) is 20.9 Å². The Balaban J connectivity index is 0.000000247. The first-order chi connectivity index (χ1) is 31.1. The number of carbonyl (C=O) groups is 8. The Bertz CT molecular complexity index is 2370. The number of carboxylic acids is 1. The summed E-state index contributed by atoms with van der Waals surface area (Å²) in [4.78, 5) is 106. The Morgan fingerprint density at radius 1 is 0.569 bits per heavy atom. The second-order valence-electron chi connectivity index (χ2n) is 16.1. The largest absolute Gasteiger partial charge is 0.480 e. The van der Waals surface area contributed by atoms with Gasteiger partial charge in [-0.1, -0.05) is 117 Å². The van der Waals surface area contributed by atoms with Crippen molar-refractivity contribution in [2.24, 2.45) is 0 Å². The Hall–Kier alpha value is -7.66. The molecule has 65 heavy (non-hydrogen) atoms. The molecule has 0 bridgehead atoms. The van der Waals surface area contributed by atoms with Crippen molar-refractivity contribution in [1.29, 1.82) is 0 Å². The molecule has 4 aromatic carbocycles. The van der Waals surface area contributed by atoms with Crippen molar-refractivity contribution in [2.45, 2.75) is 44.9 Å². The van der Waals surface area contributed by atoms with E-state index in [9.17, 15) is 43.5 Å². The first-order valence-corrected chi connectivity index (χ1v) is 24.2. The fourth-order valence-corrected chi connectivity index (χ4v) is 7.27. The Morgan fingerprint density at radius 2 is 0.908 bits per heavy atom. The second kappa shape index (κ2) is 22.1. The minimum absolute atomic E-state index is 0.00191. The number of imide groups is 2. The number of ether oxygens (including phenoxy) is 3. The molecule has 0 spiro atoms. The van der Waals surface area contributed by atoms with Crippen LogP contribution < -0.4 is 0 Å². The monoisotopic (exact) mass is 902 g/mol. The summed E-state index contributed by atoms with van der Waals surface area (Å²) in [6, 6.07) is 27.7. The van der Waals surface area contributed by atoms with Crippen LogP contribution in [-0.4, -0.2) is 125 Å². The van der Waals surface area contributed by atoms with Gasteiger partial charge in [0.2, 0.25) is 0 Å². The molecule has 2 heterocycles. The molecule has 0 saturated carbocycles. The van der Waals surface area contributed by atoms with Gasteiger partial charge in [0.25, 0.3) is 23.6 Å². The molecule has 338 valence electrons. The lowest BCUT2D eigenvalue weighted by molar-refractivity contribution is -0.147. The van der Waals surface area contributed by atoms with Crippen molar-refractivity contribution >= 4 is 55.8 Å². The summed E-state index contributed by atoms with van der Waals surface area (Å²) in [7, 11) is -1.78. The van der Waals surface area contributed by atoms with Gasteiger partial charge in [-0.15, -0.1) is 13.2 Å². The molecule has 0 radical (unpaired) electrons. The predicted octanol–water partition coefficient (Wildman–Crippen LogP) is 6.46. The third-order valence-corrected chi connectivity index (χ3v) is 10.9. The highest BCUT2D eigenvalue weighted by Gasteiger charge is 2.46. The van der Waals surface area contributed by atoms with Gasteiger partial charge in [-0.2, -0.15) is 0 Å². The number of nitrogens with zero attached hydrogens (tertiary/aromatic N) is 4. The van der Waals surface area contributed by atoms with Crippen molar-refractivity contribution < 1.29 is 57.7 Å². The molecule has 17 heteroatoms. The van der Waals surface area contributed by atoms with Crippen LogP contribution in [0.3, 0.4) is 0 Å². The van der Waals surface area contributed by atoms with Gasteiger partial charge in [0.1, 0.15) is 13.2 Å². The van der Waals surface area contributed by atoms with Gasteiger partial charge >= 0.3 is 24.1 Å². The Kier molecular flexibility index (Phi) is 16.5. The maximum absolute atomic E-state index is 13.2. The van der Waals surface area contributed by atoms with E-state index in [-0.39, 0.29) is 61.3 Å². The van der Waals surface area contributed by atoms with Gasteiger partial charge in [-0.3, -0.25) is 29.0 Å². The smallest absolute Gasteiger partial charge is 0.410 e. The lowest BCUT2D eigenvalue weighted by Gasteiger charge is -2.30. The van der Waals surface area contributed by atoms with Crippen molar-refractivity contribution in [3.05, 3.63) is 168 Å². The van der Waals surface area contributed by atoms with Gasteiger partial charge in [0.05, 0.1) is 49.6 Å². The highest BCUT2D eigenvalue weighted by molar-refractivity contribution is 6.76. The van der Waals surface area contributed by atoms with Gasteiger partial charge < -0.3 is 29.1 Å². The van der Waals surface area contributed by atoms with Crippen LogP contribution >= 0.6 is 0 Å². The van der Waals surface area contributed by atoms with Gasteiger partial charge in [0, 0.05) is 13.1 Å². The summed E-state index contributed by atoms with van der Waals surface area (Å²) in [6.45, 7) is 12.7. The highest BCUT2D eigenvalue weighted by atomic mass is 28.3. The normalized spacial score (nSPS) is 13.6. The highest BCUT2D eigenvalue weighted by Crippen LogP contribution is 2.27. The van der Waals surface area contributed by atoms with E-state index in [1.54, 1.807) is 48.5 Å². The summed E-state index contributed by atoms with van der Waals surface area (Å²) in [5.74, 6) is -4.77. The molecule has 0 unspecified atom stereocenters. The number of carboxylic acid groups (broad SMARTS) is 1. The van der Waals surface area contributed by atoms with E-state index in [4.69, 9.17) is 14.2 Å². The van der Waals surface area contributed by atoms with Crippen LogP contribution in [0.4, 0.5) is 9.59 Å². The molecule has 0 aromatic heterocycles.